The number of allylic oxidation sites excluding steroid dienone is 4. The Labute approximate surface area is 257 Å². The second-order valence-corrected chi connectivity index (χ2v) is 14.4. The molecule has 1 heterocycles. The molecule has 0 fully saturated rings. The third kappa shape index (κ3) is 6.21. The molecule has 7 heteroatoms. The summed E-state index contributed by atoms with van der Waals surface area (Å²) in [6.45, 7) is 10.2. The van der Waals surface area contributed by atoms with E-state index in [0.717, 1.165) is 57.4 Å². The Morgan fingerprint density at radius 1 is 0.927 bits per heavy atom. The van der Waals surface area contributed by atoms with Crippen molar-refractivity contribution in [2.45, 2.75) is 72.3 Å². The molecule has 2 aliphatic carbocycles. The maximum Gasteiger partial charge on any atom is 0.162 e. The average molecular weight is 641 g/mol. The van der Waals surface area contributed by atoms with Crippen molar-refractivity contribution < 1.29 is 19.1 Å². The first kappa shape index (κ1) is 30.1. The van der Waals surface area contributed by atoms with E-state index in [0.29, 0.717) is 36.8 Å². The van der Waals surface area contributed by atoms with E-state index in [1.807, 2.05) is 42.5 Å². The van der Waals surface area contributed by atoms with E-state index in [4.69, 9.17) is 21.1 Å². The topological polar surface area (TPSA) is 55.8 Å². The average Bonchev–Trinajstić information content (AvgIpc) is 2.88. The van der Waals surface area contributed by atoms with Crippen LogP contribution in [0.2, 0.25) is 5.02 Å². The van der Waals surface area contributed by atoms with E-state index in [9.17, 15) is 9.59 Å². The van der Waals surface area contributed by atoms with Gasteiger partial charge in [0.15, 0.2) is 11.6 Å². The number of benzene rings is 2. The first-order valence-corrected chi connectivity index (χ1v) is 15.5. The number of ketones is 2. The van der Waals surface area contributed by atoms with Crippen LogP contribution in [0.25, 0.3) is 0 Å². The lowest BCUT2D eigenvalue weighted by Gasteiger charge is -2.49. The zero-order valence-electron chi connectivity index (χ0n) is 24.6. The maximum atomic E-state index is 14.1. The van der Waals surface area contributed by atoms with Crippen LogP contribution in [0.5, 0.6) is 5.75 Å². The maximum absolute atomic E-state index is 14.1. The van der Waals surface area contributed by atoms with Gasteiger partial charge in [-0.1, -0.05) is 73.4 Å². The lowest BCUT2D eigenvalue weighted by Crippen LogP contribution is -2.45. The summed E-state index contributed by atoms with van der Waals surface area (Å²) in [7, 11) is 1.71. The van der Waals surface area contributed by atoms with Crippen LogP contribution in [-0.4, -0.2) is 36.7 Å². The Morgan fingerprint density at radius 3 is 2.12 bits per heavy atom. The third-order valence-corrected chi connectivity index (χ3v) is 9.24. The van der Waals surface area contributed by atoms with Crippen LogP contribution in [0.1, 0.15) is 76.8 Å². The van der Waals surface area contributed by atoms with Gasteiger partial charge in [0, 0.05) is 82.2 Å². The molecule has 0 atom stereocenters. The van der Waals surface area contributed by atoms with Gasteiger partial charge in [-0.05, 0) is 54.4 Å². The largest absolute Gasteiger partial charge is 0.489 e. The molecule has 0 spiro atoms. The first-order chi connectivity index (χ1) is 19.4. The number of hydrogen-bond donors (Lipinski definition) is 0. The van der Waals surface area contributed by atoms with E-state index in [-0.39, 0.29) is 29.0 Å². The van der Waals surface area contributed by atoms with Crippen molar-refractivity contribution in [1.82, 2.24) is 4.90 Å². The van der Waals surface area contributed by atoms with Gasteiger partial charge in [-0.15, -0.1) is 0 Å². The summed E-state index contributed by atoms with van der Waals surface area (Å²) in [6.07, 6.45) is 3.24. The number of methoxy groups -OCH3 is 1. The smallest absolute Gasteiger partial charge is 0.162 e. The summed E-state index contributed by atoms with van der Waals surface area (Å²) < 4.78 is 12.7. The van der Waals surface area contributed by atoms with Crippen LogP contribution in [0.3, 0.4) is 0 Å². The van der Waals surface area contributed by atoms with Gasteiger partial charge >= 0.3 is 0 Å². The summed E-state index contributed by atoms with van der Waals surface area (Å²) in [6, 6.07) is 13.5. The molecule has 2 aromatic rings. The van der Waals surface area contributed by atoms with Gasteiger partial charge in [0.1, 0.15) is 12.4 Å². The van der Waals surface area contributed by atoms with Crippen LogP contribution in [0.15, 0.2) is 69.5 Å². The molecule has 0 radical (unpaired) electrons. The van der Waals surface area contributed by atoms with Crippen molar-refractivity contribution in [1.29, 1.82) is 0 Å². The number of halogens is 2. The molecule has 2 aromatic carbocycles. The van der Waals surface area contributed by atoms with E-state index in [1.165, 1.54) is 0 Å². The number of carbonyl (C=O) groups excluding carboxylic acids is 2. The van der Waals surface area contributed by atoms with Crippen LogP contribution >= 0.6 is 27.5 Å². The summed E-state index contributed by atoms with van der Waals surface area (Å²) in [5, 5.41) is 0.639. The Kier molecular flexibility index (Phi) is 8.58. The molecule has 5 rings (SSSR count). The molecule has 0 saturated carbocycles. The van der Waals surface area contributed by atoms with Crippen molar-refractivity contribution in [3.05, 3.63) is 85.6 Å². The summed E-state index contributed by atoms with van der Waals surface area (Å²) in [5.41, 5.74) is 4.95. The molecular weight excluding hydrogens is 602 g/mol. The highest BCUT2D eigenvalue weighted by Gasteiger charge is 2.49. The fraction of sp³-hybridized carbons (Fsp3) is 0.471. The summed E-state index contributed by atoms with van der Waals surface area (Å²) in [5.74, 6) is 0.392. The summed E-state index contributed by atoms with van der Waals surface area (Å²) in [4.78, 5) is 30.5. The monoisotopic (exact) mass is 639 g/mol. The van der Waals surface area contributed by atoms with E-state index < -0.39 is 5.92 Å². The molecule has 0 N–H and O–H groups in total. The third-order valence-electron chi connectivity index (χ3n) is 8.38. The number of Topliss-reactive ketones (excluding diaryl/α,β-unsaturated/α-hetero) is 2. The molecule has 0 bridgehead atoms. The van der Waals surface area contributed by atoms with Crippen LogP contribution < -0.4 is 4.74 Å². The lowest BCUT2D eigenvalue weighted by molar-refractivity contribution is -0.119. The van der Waals surface area contributed by atoms with Crippen LogP contribution in [0, 0.1) is 10.8 Å². The van der Waals surface area contributed by atoms with Gasteiger partial charge in [-0.25, -0.2) is 0 Å². The quantitative estimate of drug-likeness (QED) is 0.271. The van der Waals surface area contributed by atoms with Gasteiger partial charge in [-0.2, -0.15) is 0 Å². The zero-order valence-corrected chi connectivity index (χ0v) is 27.0. The Morgan fingerprint density at radius 2 is 1.54 bits per heavy atom. The molecule has 0 amide bonds. The fourth-order valence-corrected chi connectivity index (χ4v) is 7.21. The van der Waals surface area contributed by atoms with Gasteiger partial charge < -0.3 is 14.4 Å². The summed E-state index contributed by atoms with van der Waals surface area (Å²) >= 11 is 10.1. The zero-order chi connectivity index (χ0) is 29.5. The van der Waals surface area contributed by atoms with Crippen molar-refractivity contribution >= 4 is 39.1 Å². The lowest BCUT2D eigenvalue weighted by atomic mass is 9.63. The van der Waals surface area contributed by atoms with Crippen molar-refractivity contribution in [3.63, 3.8) is 0 Å². The predicted octanol–water partition coefficient (Wildman–Crippen LogP) is 8.40. The Hall–Kier alpha value is -2.41. The molecule has 0 saturated heterocycles. The molecule has 1 aliphatic heterocycles. The Balaban J connectivity index is 1.69. The molecule has 218 valence electrons. The Bertz CT molecular complexity index is 1390. The minimum atomic E-state index is -0.482. The minimum Gasteiger partial charge on any atom is -0.489 e. The van der Waals surface area contributed by atoms with Crippen LogP contribution in [0.4, 0.5) is 0 Å². The van der Waals surface area contributed by atoms with E-state index in [2.05, 4.69) is 48.5 Å². The number of rotatable bonds is 8. The van der Waals surface area contributed by atoms with Gasteiger partial charge in [0.2, 0.25) is 0 Å². The molecule has 0 aromatic heterocycles. The molecule has 5 nitrogen and oxygen atoms in total. The molecule has 0 unspecified atom stereocenters. The SMILES string of the molecule is COCCCN1C2=C(C(=O)CC(C)(C)C2)C(c2cc(Br)ccc2OCc2ccccc2Cl)C2=C1CC(C)(C)CC2=O. The molecule has 3 aliphatic rings. The van der Waals surface area contributed by atoms with Gasteiger partial charge in [-0.3, -0.25) is 9.59 Å². The first-order valence-electron chi connectivity index (χ1n) is 14.4. The number of ether oxygens (including phenoxy) is 2. The van der Waals surface area contributed by atoms with Crippen molar-refractivity contribution in [2.75, 3.05) is 20.3 Å². The molecular formula is C34H39BrClNO4. The predicted molar refractivity (Wildman–Crippen MR) is 166 cm³/mol. The highest BCUT2D eigenvalue weighted by atomic mass is 79.9. The van der Waals surface area contributed by atoms with Gasteiger partial charge in [0.05, 0.1) is 0 Å². The number of hydrogen-bond acceptors (Lipinski definition) is 5. The number of carbonyl (C=O) groups is 2. The van der Waals surface area contributed by atoms with Crippen molar-refractivity contribution in [2.24, 2.45) is 10.8 Å². The van der Waals surface area contributed by atoms with Crippen molar-refractivity contribution in [3.8, 4) is 5.75 Å². The number of nitrogens with zero attached hydrogens (tertiary/aromatic N) is 1. The normalized spacial score (nSPS) is 20.3. The highest BCUT2D eigenvalue weighted by molar-refractivity contribution is 9.10. The minimum absolute atomic E-state index is 0.110. The van der Waals surface area contributed by atoms with Crippen LogP contribution in [-0.2, 0) is 20.9 Å². The fourth-order valence-electron chi connectivity index (χ4n) is 6.64. The highest BCUT2D eigenvalue weighted by Crippen LogP contribution is 2.55. The van der Waals surface area contributed by atoms with E-state index in [1.54, 1.807) is 7.11 Å². The van der Waals surface area contributed by atoms with E-state index >= 15 is 0 Å². The standard InChI is InChI=1S/C34H39BrClNO4/c1-33(2)16-25-31(27(38)18-33)30(32-26(37(25)13-8-14-40-5)17-34(3,4)19-28(32)39)23-15-22(35)11-12-29(23)41-20-21-9-6-7-10-24(21)36/h6-7,9-12,15,30H,8,13-14,16-20H2,1-5H3. The van der Waals surface area contributed by atoms with Gasteiger partial charge in [0.25, 0.3) is 0 Å². The molecule has 41 heavy (non-hydrogen) atoms. The second kappa shape index (κ2) is 11.7. The second-order valence-electron chi connectivity index (χ2n) is 13.1.